The molecule has 0 spiro atoms. The summed E-state index contributed by atoms with van der Waals surface area (Å²) in [6, 6.07) is 7.75. The maximum Gasteiger partial charge on any atom is 0.242 e. The van der Waals surface area contributed by atoms with Crippen molar-refractivity contribution in [3.05, 3.63) is 29.8 Å². The molecule has 2 aliphatic rings. The van der Waals surface area contributed by atoms with E-state index in [2.05, 4.69) is 12.2 Å². The standard InChI is InChI=1S/C18H22N2O3S2/c1-2-12-5-7-13(8-6-12)19-16(21)10-15-17(22)20(18(24)25-15)11-14-4-3-9-23-14/h5-8,14-15H,2-4,9-11H2,1H3,(H,19,21). The number of hydrogen-bond donors (Lipinski definition) is 1. The van der Waals surface area contributed by atoms with E-state index in [1.165, 1.54) is 17.3 Å². The van der Waals surface area contributed by atoms with Crippen LogP contribution in [0.1, 0.15) is 31.7 Å². The Balaban J connectivity index is 1.53. The lowest BCUT2D eigenvalue weighted by Crippen LogP contribution is -2.38. The van der Waals surface area contributed by atoms with E-state index in [4.69, 9.17) is 17.0 Å². The smallest absolute Gasteiger partial charge is 0.242 e. The van der Waals surface area contributed by atoms with Gasteiger partial charge in [-0.1, -0.05) is 43.0 Å². The zero-order valence-corrected chi connectivity index (χ0v) is 15.8. The van der Waals surface area contributed by atoms with Crippen molar-refractivity contribution in [1.29, 1.82) is 0 Å². The molecule has 2 unspecified atom stereocenters. The summed E-state index contributed by atoms with van der Waals surface area (Å²) in [4.78, 5) is 26.4. The summed E-state index contributed by atoms with van der Waals surface area (Å²) in [7, 11) is 0. The minimum atomic E-state index is -0.441. The van der Waals surface area contributed by atoms with E-state index in [0.29, 0.717) is 10.9 Å². The molecule has 2 amide bonds. The fourth-order valence-electron chi connectivity index (χ4n) is 2.99. The van der Waals surface area contributed by atoms with Gasteiger partial charge in [0.25, 0.3) is 0 Å². The summed E-state index contributed by atoms with van der Waals surface area (Å²) >= 11 is 6.62. The second-order valence-corrected chi connectivity index (χ2v) is 8.10. The molecule has 0 aliphatic carbocycles. The number of thioether (sulfide) groups is 1. The second-order valence-electron chi connectivity index (χ2n) is 6.26. The lowest BCUT2D eigenvalue weighted by molar-refractivity contribution is -0.129. The van der Waals surface area contributed by atoms with Crippen LogP contribution in [0.4, 0.5) is 5.69 Å². The van der Waals surface area contributed by atoms with Crippen LogP contribution in [0.25, 0.3) is 0 Å². The van der Waals surface area contributed by atoms with Gasteiger partial charge in [0.05, 0.1) is 17.9 Å². The van der Waals surface area contributed by atoms with Gasteiger partial charge in [-0.15, -0.1) is 0 Å². The first-order valence-corrected chi connectivity index (χ1v) is 9.88. The van der Waals surface area contributed by atoms with Crippen LogP contribution in [0, 0.1) is 0 Å². The Bertz CT molecular complexity index is 657. The fourth-order valence-corrected chi connectivity index (χ4v) is 4.50. The van der Waals surface area contributed by atoms with Gasteiger partial charge in [0.1, 0.15) is 4.32 Å². The monoisotopic (exact) mass is 378 g/mol. The van der Waals surface area contributed by atoms with Crippen LogP contribution in [0.3, 0.4) is 0 Å². The number of nitrogens with zero attached hydrogens (tertiary/aromatic N) is 1. The average Bonchev–Trinajstić information content (AvgIpc) is 3.20. The number of amides is 2. The minimum absolute atomic E-state index is 0.0622. The summed E-state index contributed by atoms with van der Waals surface area (Å²) in [6.45, 7) is 3.33. The molecule has 1 aromatic rings. The Morgan fingerprint density at radius 3 is 2.80 bits per heavy atom. The molecular weight excluding hydrogens is 356 g/mol. The van der Waals surface area contributed by atoms with E-state index in [1.54, 1.807) is 4.90 Å². The highest BCUT2D eigenvalue weighted by molar-refractivity contribution is 8.24. The maximum absolute atomic E-state index is 12.6. The van der Waals surface area contributed by atoms with Crippen molar-refractivity contribution in [1.82, 2.24) is 4.90 Å². The number of thiocarbonyl (C=S) groups is 1. The highest BCUT2D eigenvalue weighted by Gasteiger charge is 2.39. The number of ether oxygens (including phenoxy) is 1. The first kappa shape index (κ1) is 18.4. The number of hydrogen-bond acceptors (Lipinski definition) is 5. The predicted octanol–water partition coefficient (Wildman–Crippen LogP) is 2.99. The normalized spacial score (nSPS) is 23.3. The maximum atomic E-state index is 12.6. The molecule has 1 N–H and O–H groups in total. The molecule has 0 aromatic heterocycles. The topological polar surface area (TPSA) is 58.6 Å². The van der Waals surface area contributed by atoms with E-state index in [-0.39, 0.29) is 24.3 Å². The third-order valence-corrected chi connectivity index (χ3v) is 6.02. The van der Waals surface area contributed by atoms with Crippen molar-refractivity contribution in [3.63, 3.8) is 0 Å². The molecule has 2 atom stereocenters. The zero-order chi connectivity index (χ0) is 17.8. The van der Waals surface area contributed by atoms with Crippen LogP contribution >= 0.6 is 24.0 Å². The Kier molecular flexibility index (Phi) is 6.09. The Morgan fingerprint density at radius 2 is 2.16 bits per heavy atom. The van der Waals surface area contributed by atoms with Crippen LogP contribution in [-0.2, 0) is 20.7 Å². The highest BCUT2D eigenvalue weighted by atomic mass is 32.2. The van der Waals surface area contributed by atoms with Crippen LogP contribution in [-0.4, -0.2) is 45.5 Å². The van der Waals surface area contributed by atoms with Gasteiger partial charge in [-0.2, -0.15) is 0 Å². The lowest BCUT2D eigenvalue weighted by Gasteiger charge is -2.19. The summed E-state index contributed by atoms with van der Waals surface area (Å²) in [5, 5.41) is 2.41. The number of aryl methyl sites for hydroxylation is 1. The molecule has 2 fully saturated rings. The molecule has 2 saturated heterocycles. The summed E-state index contributed by atoms with van der Waals surface area (Å²) in [6.07, 6.45) is 3.12. The van der Waals surface area contributed by atoms with E-state index < -0.39 is 5.25 Å². The molecule has 0 radical (unpaired) electrons. The van der Waals surface area contributed by atoms with Gasteiger partial charge < -0.3 is 10.1 Å². The molecule has 134 valence electrons. The summed E-state index contributed by atoms with van der Waals surface area (Å²) in [5.41, 5.74) is 1.96. The minimum Gasteiger partial charge on any atom is -0.376 e. The van der Waals surface area contributed by atoms with Gasteiger partial charge in [0, 0.05) is 18.7 Å². The number of carbonyl (C=O) groups is 2. The fraction of sp³-hybridized carbons (Fsp3) is 0.500. The highest BCUT2D eigenvalue weighted by Crippen LogP contribution is 2.31. The molecule has 2 heterocycles. The van der Waals surface area contributed by atoms with Crippen molar-refractivity contribution in [3.8, 4) is 0 Å². The Morgan fingerprint density at radius 1 is 1.40 bits per heavy atom. The van der Waals surface area contributed by atoms with Gasteiger partial charge in [0.15, 0.2) is 0 Å². The first-order valence-electron chi connectivity index (χ1n) is 8.59. The largest absolute Gasteiger partial charge is 0.376 e. The summed E-state index contributed by atoms with van der Waals surface area (Å²) in [5.74, 6) is -0.251. The number of benzene rings is 1. The van der Waals surface area contributed by atoms with Crippen molar-refractivity contribution >= 4 is 45.8 Å². The third kappa shape index (κ3) is 4.59. The summed E-state index contributed by atoms with van der Waals surface area (Å²) < 4.78 is 6.13. The first-order chi connectivity index (χ1) is 12.1. The van der Waals surface area contributed by atoms with Crippen molar-refractivity contribution in [2.75, 3.05) is 18.5 Å². The zero-order valence-electron chi connectivity index (χ0n) is 14.2. The van der Waals surface area contributed by atoms with Crippen molar-refractivity contribution < 1.29 is 14.3 Å². The number of carbonyl (C=O) groups excluding carboxylic acids is 2. The molecule has 7 heteroatoms. The van der Waals surface area contributed by atoms with Crippen LogP contribution in [0.15, 0.2) is 24.3 Å². The van der Waals surface area contributed by atoms with Gasteiger partial charge in [0.2, 0.25) is 11.8 Å². The van der Waals surface area contributed by atoms with Crippen LogP contribution in [0.5, 0.6) is 0 Å². The Hall–Kier alpha value is -1.44. The molecule has 0 saturated carbocycles. The number of anilines is 1. The average molecular weight is 379 g/mol. The Labute approximate surface area is 157 Å². The number of nitrogens with one attached hydrogen (secondary N) is 1. The molecule has 25 heavy (non-hydrogen) atoms. The van der Waals surface area contributed by atoms with Crippen molar-refractivity contribution in [2.24, 2.45) is 0 Å². The SMILES string of the molecule is CCc1ccc(NC(=O)CC2SC(=S)N(CC3CCCO3)C2=O)cc1. The van der Waals surface area contributed by atoms with Crippen molar-refractivity contribution in [2.45, 2.75) is 44.0 Å². The van der Waals surface area contributed by atoms with Gasteiger partial charge in [-0.25, -0.2) is 0 Å². The van der Waals surface area contributed by atoms with Gasteiger partial charge >= 0.3 is 0 Å². The molecule has 2 aliphatic heterocycles. The third-order valence-electron chi connectivity index (χ3n) is 4.43. The lowest BCUT2D eigenvalue weighted by atomic mass is 10.1. The van der Waals surface area contributed by atoms with E-state index in [0.717, 1.165) is 31.6 Å². The van der Waals surface area contributed by atoms with Crippen LogP contribution < -0.4 is 5.32 Å². The van der Waals surface area contributed by atoms with Gasteiger partial charge in [-0.3, -0.25) is 14.5 Å². The van der Waals surface area contributed by atoms with Gasteiger partial charge in [-0.05, 0) is 37.0 Å². The molecule has 3 rings (SSSR count). The predicted molar refractivity (Wildman–Crippen MR) is 104 cm³/mol. The molecule has 5 nitrogen and oxygen atoms in total. The second kappa shape index (κ2) is 8.29. The molecular formula is C18H22N2O3S2. The molecule has 0 bridgehead atoms. The van der Waals surface area contributed by atoms with E-state index in [1.807, 2.05) is 24.3 Å². The van der Waals surface area contributed by atoms with E-state index >= 15 is 0 Å². The van der Waals surface area contributed by atoms with Crippen LogP contribution in [0.2, 0.25) is 0 Å². The number of rotatable bonds is 6. The quantitative estimate of drug-likeness (QED) is 0.771. The molecule has 1 aromatic carbocycles. The van der Waals surface area contributed by atoms with E-state index in [9.17, 15) is 9.59 Å².